The van der Waals surface area contributed by atoms with Gasteiger partial charge in [0, 0.05) is 24.5 Å². The van der Waals surface area contributed by atoms with Crippen molar-refractivity contribution >= 4 is 5.97 Å². The van der Waals surface area contributed by atoms with E-state index in [1.165, 1.54) is 0 Å². The quantitative estimate of drug-likeness (QED) is 0.564. The predicted octanol–water partition coefficient (Wildman–Crippen LogP) is 1.18. The minimum atomic E-state index is -0.188. The molecular formula is C8H9NO2. The Kier molecular flexibility index (Phi) is 1.24. The molecule has 0 amide bonds. The van der Waals surface area contributed by atoms with Crippen LogP contribution in [0.1, 0.15) is 22.8 Å². The fourth-order valence-corrected chi connectivity index (χ4v) is 1.26. The Morgan fingerprint density at radius 1 is 1.64 bits per heavy atom. The van der Waals surface area contributed by atoms with Crippen molar-refractivity contribution < 1.29 is 9.53 Å². The highest BCUT2D eigenvalue weighted by molar-refractivity contribution is 5.93. The van der Waals surface area contributed by atoms with Crippen molar-refractivity contribution in [3.8, 4) is 0 Å². The third-order valence-electron chi connectivity index (χ3n) is 1.91. The Hall–Kier alpha value is -1.25. The molecule has 0 saturated heterocycles. The molecule has 1 aliphatic rings. The van der Waals surface area contributed by atoms with Crippen LogP contribution in [-0.2, 0) is 17.9 Å². The van der Waals surface area contributed by atoms with Crippen molar-refractivity contribution in [3.05, 3.63) is 23.5 Å². The number of cyclic esters (lactones) is 1. The molecule has 1 aliphatic heterocycles. The molecule has 0 spiro atoms. The molecule has 58 valence electrons. The Bertz CT molecular complexity index is 301. The van der Waals surface area contributed by atoms with Gasteiger partial charge in [-0.3, -0.25) is 0 Å². The van der Waals surface area contributed by atoms with Crippen LogP contribution in [0.25, 0.3) is 0 Å². The Balaban J connectivity index is 2.46. The third-order valence-corrected chi connectivity index (χ3v) is 1.91. The molecule has 0 saturated carbocycles. The van der Waals surface area contributed by atoms with E-state index in [1.807, 2.05) is 23.9 Å². The number of carbonyl (C=O) groups excluding carboxylic acids is 1. The second-order valence-electron chi connectivity index (χ2n) is 2.60. The second-order valence-corrected chi connectivity index (χ2v) is 2.60. The van der Waals surface area contributed by atoms with Crippen LogP contribution < -0.4 is 0 Å². The molecule has 1 aromatic rings. The number of nitrogens with zero attached hydrogens (tertiary/aromatic N) is 1. The smallest absolute Gasteiger partial charge is 0.340 e. The van der Waals surface area contributed by atoms with Gasteiger partial charge < -0.3 is 9.30 Å². The topological polar surface area (TPSA) is 31.2 Å². The molecule has 0 radical (unpaired) electrons. The van der Waals surface area contributed by atoms with Crippen LogP contribution in [0.3, 0.4) is 0 Å². The van der Waals surface area contributed by atoms with Gasteiger partial charge in [-0.05, 0) is 6.92 Å². The highest BCUT2D eigenvalue weighted by Crippen LogP contribution is 2.20. The average molecular weight is 151 g/mol. The molecule has 0 fully saturated rings. The zero-order chi connectivity index (χ0) is 7.84. The van der Waals surface area contributed by atoms with Gasteiger partial charge in [0.25, 0.3) is 0 Å². The van der Waals surface area contributed by atoms with Gasteiger partial charge >= 0.3 is 5.97 Å². The summed E-state index contributed by atoms with van der Waals surface area (Å²) in [6.45, 7) is 3.39. The van der Waals surface area contributed by atoms with Crippen molar-refractivity contribution in [1.29, 1.82) is 0 Å². The normalized spacial score (nSPS) is 14.8. The molecule has 11 heavy (non-hydrogen) atoms. The summed E-state index contributed by atoms with van der Waals surface area (Å²) in [5, 5.41) is 0. The van der Waals surface area contributed by atoms with E-state index in [0.717, 1.165) is 17.7 Å². The lowest BCUT2D eigenvalue weighted by Crippen LogP contribution is -1.95. The van der Waals surface area contributed by atoms with Crippen molar-refractivity contribution in [2.24, 2.45) is 0 Å². The van der Waals surface area contributed by atoms with Crippen LogP contribution >= 0.6 is 0 Å². The van der Waals surface area contributed by atoms with Crippen molar-refractivity contribution in [2.75, 3.05) is 0 Å². The molecule has 0 unspecified atom stereocenters. The maximum atomic E-state index is 11.0. The summed E-state index contributed by atoms with van der Waals surface area (Å²) >= 11 is 0. The van der Waals surface area contributed by atoms with E-state index in [4.69, 9.17) is 4.74 Å². The maximum absolute atomic E-state index is 11.0. The first-order valence-corrected chi connectivity index (χ1v) is 3.67. The molecular weight excluding hydrogens is 142 g/mol. The molecule has 0 N–H and O–H groups in total. The van der Waals surface area contributed by atoms with E-state index in [0.29, 0.717) is 6.61 Å². The molecule has 2 rings (SSSR count). The minimum Gasteiger partial charge on any atom is -0.457 e. The summed E-state index contributed by atoms with van der Waals surface area (Å²) < 4.78 is 6.80. The number of carbonyl (C=O) groups is 1. The predicted molar refractivity (Wildman–Crippen MR) is 39.2 cm³/mol. The maximum Gasteiger partial charge on any atom is 0.340 e. The Morgan fingerprint density at radius 3 is 3.09 bits per heavy atom. The highest BCUT2D eigenvalue weighted by Gasteiger charge is 2.22. The molecule has 3 heteroatoms. The number of rotatable bonds is 1. The number of hydrogen-bond donors (Lipinski definition) is 0. The van der Waals surface area contributed by atoms with E-state index >= 15 is 0 Å². The number of ether oxygens (including phenoxy) is 1. The van der Waals surface area contributed by atoms with E-state index in [9.17, 15) is 4.79 Å². The molecule has 0 bridgehead atoms. The van der Waals surface area contributed by atoms with Crippen molar-refractivity contribution in [1.82, 2.24) is 4.57 Å². The van der Waals surface area contributed by atoms with Crippen LogP contribution in [0.4, 0.5) is 0 Å². The van der Waals surface area contributed by atoms with Gasteiger partial charge in [-0.1, -0.05) is 0 Å². The molecule has 0 aromatic carbocycles. The van der Waals surface area contributed by atoms with E-state index in [1.54, 1.807) is 0 Å². The average Bonchev–Trinajstić information content (AvgIpc) is 2.53. The lowest BCUT2D eigenvalue weighted by molar-refractivity contribution is 0.0533. The standard InChI is InChI=1S/C8H9NO2/c1-2-9-3-6-5-11-8(10)7(6)4-9/h3-4H,2,5H2,1H3. The van der Waals surface area contributed by atoms with Gasteiger partial charge in [-0.25, -0.2) is 4.79 Å². The molecule has 3 nitrogen and oxygen atoms in total. The number of hydrogen-bond acceptors (Lipinski definition) is 2. The zero-order valence-corrected chi connectivity index (χ0v) is 6.33. The summed E-state index contributed by atoms with van der Waals surface area (Å²) in [5.41, 5.74) is 1.74. The van der Waals surface area contributed by atoms with Crippen molar-refractivity contribution in [2.45, 2.75) is 20.1 Å². The Morgan fingerprint density at radius 2 is 2.45 bits per heavy atom. The summed E-state index contributed by atoms with van der Waals surface area (Å²) in [5.74, 6) is -0.188. The first-order valence-electron chi connectivity index (χ1n) is 3.67. The Labute approximate surface area is 64.6 Å². The summed E-state index contributed by atoms with van der Waals surface area (Å²) in [6, 6.07) is 0. The van der Waals surface area contributed by atoms with Crippen LogP contribution in [0.15, 0.2) is 12.4 Å². The zero-order valence-electron chi connectivity index (χ0n) is 6.33. The van der Waals surface area contributed by atoms with E-state index in [-0.39, 0.29) is 5.97 Å². The minimum absolute atomic E-state index is 0.188. The van der Waals surface area contributed by atoms with Crippen LogP contribution in [0, 0.1) is 0 Å². The van der Waals surface area contributed by atoms with Crippen LogP contribution in [0.2, 0.25) is 0 Å². The van der Waals surface area contributed by atoms with Gasteiger partial charge in [-0.2, -0.15) is 0 Å². The third kappa shape index (κ3) is 0.843. The number of aromatic nitrogens is 1. The lowest BCUT2D eigenvalue weighted by atomic mass is 10.2. The first kappa shape index (κ1) is 6.46. The molecule has 1 aromatic heterocycles. The van der Waals surface area contributed by atoms with Gasteiger partial charge in [0.15, 0.2) is 0 Å². The summed E-state index contributed by atoms with van der Waals surface area (Å²) in [6.07, 6.45) is 3.80. The van der Waals surface area contributed by atoms with Crippen LogP contribution in [0.5, 0.6) is 0 Å². The summed E-state index contributed by atoms with van der Waals surface area (Å²) in [7, 11) is 0. The monoisotopic (exact) mass is 151 g/mol. The number of esters is 1. The fraction of sp³-hybridized carbons (Fsp3) is 0.375. The highest BCUT2D eigenvalue weighted by atomic mass is 16.5. The van der Waals surface area contributed by atoms with E-state index in [2.05, 4.69) is 0 Å². The van der Waals surface area contributed by atoms with Gasteiger partial charge in [-0.15, -0.1) is 0 Å². The SMILES string of the molecule is CCn1cc2c(c1)C(=O)OC2. The van der Waals surface area contributed by atoms with E-state index < -0.39 is 0 Å². The molecule has 0 atom stereocenters. The number of aryl methyl sites for hydroxylation is 1. The molecule has 2 heterocycles. The van der Waals surface area contributed by atoms with Gasteiger partial charge in [0.2, 0.25) is 0 Å². The van der Waals surface area contributed by atoms with Gasteiger partial charge in [0.1, 0.15) is 6.61 Å². The largest absolute Gasteiger partial charge is 0.457 e. The first-order chi connectivity index (χ1) is 5.31. The van der Waals surface area contributed by atoms with Crippen molar-refractivity contribution in [3.63, 3.8) is 0 Å². The number of fused-ring (bicyclic) bond motifs is 1. The van der Waals surface area contributed by atoms with Crippen LogP contribution in [-0.4, -0.2) is 10.5 Å². The lowest BCUT2D eigenvalue weighted by Gasteiger charge is -1.95. The fourth-order valence-electron chi connectivity index (χ4n) is 1.26. The summed E-state index contributed by atoms with van der Waals surface area (Å²) in [4.78, 5) is 11.0. The van der Waals surface area contributed by atoms with Gasteiger partial charge in [0.05, 0.1) is 5.56 Å². The second kappa shape index (κ2) is 2.12. The molecule has 0 aliphatic carbocycles.